The molecule has 14 nitrogen and oxygen atoms in total. The average molecular weight is 697 g/mol. The van der Waals surface area contributed by atoms with Crippen LogP contribution >= 0.6 is 0 Å². The second-order valence-electron chi connectivity index (χ2n) is 10.3. The highest BCUT2D eigenvalue weighted by molar-refractivity contribution is 7.87. The fourth-order valence-corrected chi connectivity index (χ4v) is 7.48. The van der Waals surface area contributed by atoms with E-state index in [0.717, 1.165) is 36.4 Å². The van der Waals surface area contributed by atoms with E-state index < -0.39 is 70.1 Å². The summed E-state index contributed by atoms with van der Waals surface area (Å²) in [5.74, 6) is -4.89. The molecule has 6 aromatic carbocycles. The van der Waals surface area contributed by atoms with E-state index in [9.17, 15) is 42.3 Å². The van der Waals surface area contributed by atoms with Crippen molar-refractivity contribution >= 4 is 58.9 Å². The van der Waals surface area contributed by atoms with E-state index in [1.165, 1.54) is 60.7 Å². The Labute approximate surface area is 277 Å². The number of carbonyl (C=O) groups excluding carboxylic acids is 1. The molecular formula is C33H20N4O10S2+2. The van der Waals surface area contributed by atoms with Gasteiger partial charge in [0.05, 0.1) is 5.56 Å². The molecule has 0 radical (unpaired) electrons. The molecule has 0 saturated heterocycles. The zero-order valence-electron chi connectivity index (χ0n) is 24.6. The molecule has 0 atom stereocenters. The molecule has 6 aromatic rings. The first-order chi connectivity index (χ1) is 23.4. The van der Waals surface area contributed by atoms with Crippen molar-refractivity contribution in [3.8, 4) is 28.7 Å². The third-order valence-corrected chi connectivity index (χ3v) is 10.0. The van der Waals surface area contributed by atoms with Crippen LogP contribution in [0.4, 0.5) is 11.4 Å². The maximum absolute atomic E-state index is 13.9. The summed E-state index contributed by atoms with van der Waals surface area (Å²) in [5, 5.41) is 50.0. The quantitative estimate of drug-likeness (QED) is 0.0845. The third kappa shape index (κ3) is 5.63. The van der Waals surface area contributed by atoms with Crippen molar-refractivity contribution in [2.24, 2.45) is 0 Å². The Bertz CT molecular complexity index is 2670. The van der Waals surface area contributed by atoms with Crippen molar-refractivity contribution in [2.45, 2.75) is 9.79 Å². The van der Waals surface area contributed by atoms with Gasteiger partial charge in [0.2, 0.25) is 33.8 Å². The molecule has 0 saturated carbocycles. The van der Waals surface area contributed by atoms with Crippen molar-refractivity contribution in [1.82, 2.24) is 0 Å². The summed E-state index contributed by atoms with van der Waals surface area (Å²) in [6.45, 7) is 0. The fourth-order valence-electron chi connectivity index (χ4n) is 5.15. The number of phenolic OH excluding ortho intramolecular Hbond substituents is 3. The van der Waals surface area contributed by atoms with Gasteiger partial charge >= 0.3 is 31.6 Å². The lowest BCUT2D eigenvalue weighted by molar-refractivity contribution is 0.103. The normalized spacial score (nSPS) is 11.5. The molecule has 0 fully saturated rings. The first-order valence-corrected chi connectivity index (χ1v) is 16.7. The van der Waals surface area contributed by atoms with Crippen LogP contribution in [0.5, 0.6) is 28.7 Å². The Morgan fingerprint density at radius 1 is 0.551 bits per heavy atom. The molecule has 0 unspecified atom stereocenters. The first kappa shape index (κ1) is 32.2. The second kappa shape index (κ2) is 12.1. The van der Waals surface area contributed by atoms with Crippen LogP contribution in [0, 0.1) is 10.8 Å². The summed E-state index contributed by atoms with van der Waals surface area (Å²) < 4.78 is 66.3. The Morgan fingerprint density at radius 2 is 1.04 bits per heavy atom. The van der Waals surface area contributed by atoms with Gasteiger partial charge in [-0.2, -0.15) is 16.8 Å². The van der Waals surface area contributed by atoms with Crippen molar-refractivity contribution in [2.75, 3.05) is 0 Å². The van der Waals surface area contributed by atoms with Crippen molar-refractivity contribution in [3.05, 3.63) is 124 Å². The highest BCUT2D eigenvalue weighted by Gasteiger charge is 2.33. The zero-order valence-corrected chi connectivity index (χ0v) is 26.3. The van der Waals surface area contributed by atoms with Gasteiger partial charge in [-0.25, -0.2) is 0 Å². The Kier molecular flexibility index (Phi) is 7.97. The van der Waals surface area contributed by atoms with Crippen LogP contribution in [0.15, 0.2) is 113 Å². The van der Waals surface area contributed by atoms with Crippen molar-refractivity contribution in [3.63, 3.8) is 0 Å². The molecule has 49 heavy (non-hydrogen) atoms. The minimum absolute atomic E-state index is 0.0485. The zero-order chi connectivity index (χ0) is 35.1. The van der Waals surface area contributed by atoms with Crippen LogP contribution in [0.1, 0.15) is 15.9 Å². The number of phenols is 3. The van der Waals surface area contributed by atoms with Gasteiger partial charge in [-0.05, 0) is 36.4 Å². The molecule has 16 heteroatoms. The molecule has 0 aliphatic rings. The molecule has 3 N–H and O–H groups in total. The predicted octanol–water partition coefficient (Wildman–Crippen LogP) is 6.85. The fraction of sp³-hybridized carbons (Fsp3) is 0. The van der Waals surface area contributed by atoms with Gasteiger partial charge in [0.25, 0.3) is 0 Å². The standard InChI is InChI=1S/C33H18N4O10S2/c34-36-24-15-12-19-21(30(24)40)8-4-10-27(19)48(42,43)46-32-23(29(39)18-6-2-1-3-7-18)14-17-26(38)33(32)47-49(44,45)28-11-5-9-22-20(28)13-16-25(37-35)31(22)41/h1-17H,(H-2,38,39,40,41)/p+2. The third-order valence-electron chi connectivity index (χ3n) is 7.46. The summed E-state index contributed by atoms with van der Waals surface area (Å²) in [5.41, 5.74) is -0.963. The molecule has 0 spiro atoms. The molecular weight excluding hydrogens is 677 g/mol. The highest BCUT2D eigenvalue weighted by atomic mass is 32.2. The second-order valence-corrected chi connectivity index (χ2v) is 13.4. The summed E-state index contributed by atoms with van der Waals surface area (Å²) in [4.78, 5) is 18.5. The van der Waals surface area contributed by atoms with Gasteiger partial charge < -0.3 is 23.7 Å². The van der Waals surface area contributed by atoms with E-state index in [-0.39, 0.29) is 38.5 Å². The van der Waals surface area contributed by atoms with Gasteiger partial charge in [-0.3, -0.25) is 4.79 Å². The Hall–Kier alpha value is -6.75. The molecule has 242 valence electrons. The van der Waals surface area contributed by atoms with Crippen LogP contribution < -0.4 is 8.37 Å². The van der Waals surface area contributed by atoms with Gasteiger partial charge in [0, 0.05) is 39.2 Å². The number of fused-ring (bicyclic) bond motifs is 2. The van der Waals surface area contributed by atoms with Crippen molar-refractivity contribution < 1.29 is 45.3 Å². The van der Waals surface area contributed by atoms with E-state index in [0.29, 0.717) is 0 Å². The van der Waals surface area contributed by atoms with Crippen LogP contribution in [-0.2, 0) is 20.2 Å². The first-order valence-electron chi connectivity index (χ1n) is 13.9. The number of benzene rings is 6. The van der Waals surface area contributed by atoms with E-state index in [4.69, 9.17) is 13.8 Å². The number of aromatic hydroxyl groups is 3. The van der Waals surface area contributed by atoms with Gasteiger partial charge in [0.15, 0.2) is 21.5 Å². The summed E-state index contributed by atoms with van der Waals surface area (Å²) >= 11 is 0. The van der Waals surface area contributed by atoms with E-state index in [1.807, 2.05) is 0 Å². The van der Waals surface area contributed by atoms with Gasteiger partial charge in [0.1, 0.15) is 9.79 Å². The average Bonchev–Trinajstić information content (AvgIpc) is 3.10. The number of carbonyl (C=O) groups is 1. The lowest BCUT2D eigenvalue weighted by Gasteiger charge is -2.18. The lowest BCUT2D eigenvalue weighted by Crippen LogP contribution is -2.17. The largest absolute Gasteiger partial charge is 0.504 e. The molecule has 0 heterocycles. The van der Waals surface area contributed by atoms with E-state index in [1.54, 1.807) is 6.07 Å². The molecule has 0 bridgehead atoms. The lowest BCUT2D eigenvalue weighted by atomic mass is 10.0. The van der Waals surface area contributed by atoms with Crippen LogP contribution in [0.3, 0.4) is 0 Å². The predicted molar refractivity (Wildman–Crippen MR) is 174 cm³/mol. The summed E-state index contributed by atoms with van der Waals surface area (Å²) in [6, 6.07) is 21.6. The number of rotatable bonds is 8. The van der Waals surface area contributed by atoms with Gasteiger partial charge in [-0.15, -0.1) is 0 Å². The Balaban J connectivity index is 1.55. The number of nitrogens with zero attached hydrogens (tertiary/aromatic N) is 4. The van der Waals surface area contributed by atoms with E-state index in [2.05, 4.69) is 9.95 Å². The maximum atomic E-state index is 13.9. The molecule has 0 aromatic heterocycles. The molecule has 6 rings (SSSR count). The van der Waals surface area contributed by atoms with Crippen LogP contribution in [0.2, 0.25) is 0 Å². The van der Waals surface area contributed by atoms with Gasteiger partial charge in [-0.1, -0.05) is 54.6 Å². The number of ketones is 1. The minimum atomic E-state index is -5.03. The number of hydrogen-bond acceptors (Lipinski definition) is 12. The number of hydrogen-bond donors (Lipinski definition) is 3. The summed E-state index contributed by atoms with van der Waals surface area (Å²) in [7, 11) is -10.0. The monoisotopic (exact) mass is 696 g/mol. The van der Waals surface area contributed by atoms with E-state index >= 15 is 0 Å². The molecule has 0 amide bonds. The molecule has 0 aliphatic heterocycles. The maximum Gasteiger partial charge on any atom is 0.426 e. The minimum Gasteiger partial charge on any atom is -0.504 e. The number of diazo groups is 2. The molecule has 0 aliphatic carbocycles. The van der Waals surface area contributed by atoms with Crippen LogP contribution in [0.25, 0.3) is 31.5 Å². The topological polar surface area (TPSA) is 221 Å². The summed E-state index contributed by atoms with van der Waals surface area (Å²) in [6.07, 6.45) is 0. The van der Waals surface area contributed by atoms with Crippen LogP contribution in [-0.4, -0.2) is 37.9 Å². The highest BCUT2D eigenvalue weighted by Crippen LogP contribution is 2.45. The Morgan fingerprint density at radius 3 is 1.53 bits per heavy atom. The van der Waals surface area contributed by atoms with Crippen molar-refractivity contribution in [1.29, 1.82) is 10.8 Å². The smallest absolute Gasteiger partial charge is 0.426 e. The SMILES string of the molecule is N#[N+]c1ccc2c(S(=O)(=O)Oc3c(O)ccc(C(=O)c4ccccc4)c3OS(=O)(=O)c3cccc4c(O)c([N+]#N)ccc34)cccc2c1O.